The first-order valence-electron chi connectivity index (χ1n) is 7.40. The monoisotopic (exact) mass is 301 g/mol. The smallest absolute Gasteiger partial charge is 0.267 e. The van der Waals surface area contributed by atoms with Gasteiger partial charge in [0.05, 0.1) is 11.7 Å². The molecule has 3 rings (SSSR count). The standard InChI is InChI=1S/C15H19N5O2/c1-10-5-6-13(21)20(18-10)9-14(22)19-7-3-4-12(19)15-16-8-11(2)17-15/h5-6,8,12H,3-4,7,9H2,1-2H3,(H,16,17)/t12-/m0/s1. The summed E-state index contributed by atoms with van der Waals surface area (Å²) in [7, 11) is 0. The van der Waals surface area contributed by atoms with Crippen molar-refractivity contribution in [2.24, 2.45) is 0 Å². The number of amides is 1. The molecule has 116 valence electrons. The number of aromatic nitrogens is 4. The largest absolute Gasteiger partial charge is 0.344 e. The quantitative estimate of drug-likeness (QED) is 0.914. The van der Waals surface area contributed by atoms with Gasteiger partial charge in [-0.3, -0.25) is 9.59 Å². The molecule has 7 heteroatoms. The molecule has 0 spiro atoms. The van der Waals surface area contributed by atoms with Crippen molar-refractivity contribution in [3.8, 4) is 0 Å². The number of nitrogens with one attached hydrogen (secondary N) is 1. The number of rotatable bonds is 3. The lowest BCUT2D eigenvalue weighted by atomic mass is 10.2. The summed E-state index contributed by atoms with van der Waals surface area (Å²) in [4.78, 5) is 33.7. The van der Waals surface area contributed by atoms with Gasteiger partial charge >= 0.3 is 0 Å². The summed E-state index contributed by atoms with van der Waals surface area (Å²) in [6, 6.07) is 3.04. The Morgan fingerprint density at radius 3 is 2.95 bits per heavy atom. The zero-order valence-electron chi connectivity index (χ0n) is 12.7. The number of likely N-dealkylation sites (tertiary alicyclic amines) is 1. The molecule has 1 saturated heterocycles. The van der Waals surface area contributed by atoms with Gasteiger partial charge < -0.3 is 9.88 Å². The van der Waals surface area contributed by atoms with Crippen LogP contribution in [0.3, 0.4) is 0 Å². The number of carbonyl (C=O) groups is 1. The van der Waals surface area contributed by atoms with Gasteiger partial charge in [-0.2, -0.15) is 5.10 Å². The second kappa shape index (κ2) is 5.75. The van der Waals surface area contributed by atoms with Crippen molar-refractivity contribution in [3.63, 3.8) is 0 Å². The van der Waals surface area contributed by atoms with Crippen molar-refractivity contribution in [2.45, 2.75) is 39.3 Å². The lowest BCUT2D eigenvalue weighted by molar-refractivity contribution is -0.133. The zero-order valence-corrected chi connectivity index (χ0v) is 12.7. The van der Waals surface area contributed by atoms with E-state index < -0.39 is 0 Å². The fourth-order valence-corrected chi connectivity index (χ4v) is 2.83. The molecule has 0 radical (unpaired) electrons. The molecule has 1 atom stereocenters. The molecule has 1 aliphatic heterocycles. The number of H-pyrrole nitrogens is 1. The van der Waals surface area contributed by atoms with Crippen LogP contribution >= 0.6 is 0 Å². The van der Waals surface area contributed by atoms with E-state index in [1.54, 1.807) is 24.1 Å². The minimum Gasteiger partial charge on any atom is -0.344 e. The lowest BCUT2D eigenvalue weighted by Gasteiger charge is -2.23. The Bertz CT molecular complexity index is 748. The Kier molecular flexibility index (Phi) is 3.79. The van der Waals surface area contributed by atoms with E-state index in [2.05, 4.69) is 15.1 Å². The number of carbonyl (C=O) groups excluding carboxylic acids is 1. The first-order chi connectivity index (χ1) is 10.5. The van der Waals surface area contributed by atoms with Gasteiger partial charge in [-0.15, -0.1) is 0 Å². The van der Waals surface area contributed by atoms with Gasteiger partial charge in [0, 0.05) is 24.5 Å². The van der Waals surface area contributed by atoms with Crippen LogP contribution in [0.2, 0.25) is 0 Å². The summed E-state index contributed by atoms with van der Waals surface area (Å²) in [5, 5.41) is 4.12. The maximum Gasteiger partial charge on any atom is 0.267 e. The third kappa shape index (κ3) is 2.79. The molecule has 1 amide bonds. The molecule has 0 bridgehead atoms. The van der Waals surface area contributed by atoms with E-state index in [-0.39, 0.29) is 24.1 Å². The van der Waals surface area contributed by atoms with E-state index in [0.717, 1.165) is 24.4 Å². The molecule has 0 aliphatic carbocycles. The van der Waals surface area contributed by atoms with Crippen molar-refractivity contribution in [1.29, 1.82) is 0 Å². The van der Waals surface area contributed by atoms with E-state index in [4.69, 9.17) is 0 Å². The van der Waals surface area contributed by atoms with Crippen molar-refractivity contribution < 1.29 is 4.79 Å². The molecule has 1 aliphatic rings. The maximum atomic E-state index is 12.6. The summed E-state index contributed by atoms with van der Waals surface area (Å²) in [6.45, 7) is 4.39. The van der Waals surface area contributed by atoms with Crippen LogP contribution < -0.4 is 5.56 Å². The number of imidazole rings is 1. The fourth-order valence-electron chi connectivity index (χ4n) is 2.83. The summed E-state index contributed by atoms with van der Waals surface area (Å²) < 4.78 is 1.22. The van der Waals surface area contributed by atoms with Gasteiger partial charge in [-0.25, -0.2) is 9.67 Å². The van der Waals surface area contributed by atoms with Crippen molar-refractivity contribution in [1.82, 2.24) is 24.6 Å². The molecule has 2 aromatic rings. The summed E-state index contributed by atoms with van der Waals surface area (Å²) >= 11 is 0. The van der Waals surface area contributed by atoms with E-state index in [0.29, 0.717) is 12.2 Å². The maximum absolute atomic E-state index is 12.6. The van der Waals surface area contributed by atoms with Gasteiger partial charge in [0.25, 0.3) is 5.56 Å². The molecule has 1 N–H and O–H groups in total. The third-order valence-corrected chi connectivity index (χ3v) is 3.90. The average Bonchev–Trinajstić information content (AvgIpc) is 3.11. The Balaban J connectivity index is 1.79. The summed E-state index contributed by atoms with van der Waals surface area (Å²) in [6.07, 6.45) is 3.59. The van der Waals surface area contributed by atoms with E-state index in [9.17, 15) is 9.59 Å². The molecule has 0 aromatic carbocycles. The van der Waals surface area contributed by atoms with Crippen LogP contribution in [0.25, 0.3) is 0 Å². The SMILES string of the molecule is Cc1ccc(=O)n(CC(=O)N2CCC[C@H]2c2ncc(C)[nH]2)n1. The Labute approximate surface area is 128 Å². The predicted molar refractivity (Wildman–Crippen MR) is 80.2 cm³/mol. The van der Waals surface area contributed by atoms with Gasteiger partial charge in [0.2, 0.25) is 5.91 Å². The summed E-state index contributed by atoms with van der Waals surface area (Å²) in [5.41, 5.74) is 1.43. The van der Waals surface area contributed by atoms with Crippen molar-refractivity contribution >= 4 is 5.91 Å². The summed E-state index contributed by atoms with van der Waals surface area (Å²) in [5.74, 6) is 0.713. The fraction of sp³-hybridized carbons (Fsp3) is 0.467. The van der Waals surface area contributed by atoms with E-state index in [1.807, 2.05) is 6.92 Å². The molecule has 3 heterocycles. The first-order valence-corrected chi connectivity index (χ1v) is 7.40. The van der Waals surface area contributed by atoms with Crippen LogP contribution in [0, 0.1) is 13.8 Å². The molecule has 2 aromatic heterocycles. The van der Waals surface area contributed by atoms with Crippen molar-refractivity contribution in [2.75, 3.05) is 6.54 Å². The van der Waals surface area contributed by atoms with Gasteiger partial charge in [-0.05, 0) is 32.8 Å². The highest BCUT2D eigenvalue weighted by Crippen LogP contribution is 2.30. The lowest BCUT2D eigenvalue weighted by Crippen LogP contribution is -2.37. The highest BCUT2D eigenvalue weighted by atomic mass is 16.2. The average molecular weight is 301 g/mol. The van der Waals surface area contributed by atoms with Crippen LogP contribution in [-0.2, 0) is 11.3 Å². The van der Waals surface area contributed by atoms with E-state index >= 15 is 0 Å². The zero-order chi connectivity index (χ0) is 15.7. The normalized spacial score (nSPS) is 17.9. The highest BCUT2D eigenvalue weighted by molar-refractivity contribution is 5.76. The van der Waals surface area contributed by atoms with Crippen LogP contribution in [-0.4, -0.2) is 37.1 Å². The Morgan fingerprint density at radius 2 is 2.23 bits per heavy atom. The minimum absolute atomic E-state index is 0.0310. The van der Waals surface area contributed by atoms with Crippen LogP contribution in [0.15, 0.2) is 23.1 Å². The topological polar surface area (TPSA) is 83.9 Å². The minimum atomic E-state index is -0.261. The van der Waals surface area contributed by atoms with Crippen molar-refractivity contribution in [3.05, 3.63) is 45.9 Å². The second-order valence-corrected chi connectivity index (χ2v) is 5.67. The molecular formula is C15H19N5O2. The van der Waals surface area contributed by atoms with E-state index in [1.165, 1.54) is 10.7 Å². The Hall–Kier alpha value is -2.44. The van der Waals surface area contributed by atoms with Gasteiger partial charge in [0.1, 0.15) is 12.4 Å². The number of hydrogen-bond acceptors (Lipinski definition) is 4. The number of aryl methyl sites for hydroxylation is 2. The van der Waals surface area contributed by atoms with Gasteiger partial charge in [0.15, 0.2) is 0 Å². The molecule has 0 saturated carbocycles. The number of aromatic amines is 1. The highest BCUT2D eigenvalue weighted by Gasteiger charge is 2.32. The molecule has 7 nitrogen and oxygen atoms in total. The molecule has 22 heavy (non-hydrogen) atoms. The second-order valence-electron chi connectivity index (χ2n) is 5.67. The first kappa shape index (κ1) is 14.5. The molecule has 0 unspecified atom stereocenters. The van der Waals surface area contributed by atoms with Crippen LogP contribution in [0.4, 0.5) is 0 Å². The number of nitrogens with zero attached hydrogens (tertiary/aromatic N) is 4. The van der Waals surface area contributed by atoms with Crippen LogP contribution in [0.1, 0.15) is 36.1 Å². The van der Waals surface area contributed by atoms with Crippen LogP contribution in [0.5, 0.6) is 0 Å². The number of hydrogen-bond donors (Lipinski definition) is 1. The third-order valence-electron chi connectivity index (χ3n) is 3.90. The van der Waals surface area contributed by atoms with Gasteiger partial charge in [-0.1, -0.05) is 0 Å². The Morgan fingerprint density at radius 1 is 1.41 bits per heavy atom. The molecular weight excluding hydrogens is 282 g/mol. The predicted octanol–water partition coefficient (Wildman–Crippen LogP) is 0.947. The molecule has 1 fully saturated rings.